The Balaban J connectivity index is 1.90. The minimum atomic E-state index is 0.168. The van der Waals surface area contributed by atoms with Gasteiger partial charge in [0.25, 0.3) is 0 Å². The zero-order valence-corrected chi connectivity index (χ0v) is 13.4. The first-order valence-electron chi connectivity index (χ1n) is 7.02. The van der Waals surface area contributed by atoms with Crippen LogP contribution in [0.3, 0.4) is 0 Å². The first-order valence-corrected chi connectivity index (χ1v) is 7.84. The molecule has 4 aromatic rings. The molecule has 0 atom stereocenters. The Kier molecular flexibility index (Phi) is 3.09. The van der Waals surface area contributed by atoms with Gasteiger partial charge in [0.15, 0.2) is 5.06 Å². The third-order valence-electron chi connectivity index (χ3n) is 3.74. The van der Waals surface area contributed by atoms with Crippen molar-refractivity contribution in [2.45, 2.75) is 6.92 Å². The Labute approximate surface area is 136 Å². The molecule has 116 valence electrons. The summed E-state index contributed by atoms with van der Waals surface area (Å²) in [4.78, 5) is 5.72. The lowest BCUT2D eigenvalue weighted by molar-refractivity contribution is 0.427. The van der Waals surface area contributed by atoms with Crippen LogP contribution < -0.4 is 4.74 Å². The monoisotopic (exact) mass is 326 g/mol. The molecule has 0 unspecified atom stereocenters. The number of aromatic amines is 1. The van der Waals surface area contributed by atoms with Crippen molar-refractivity contribution < 1.29 is 9.84 Å². The second kappa shape index (κ2) is 5.13. The number of aromatic nitrogens is 4. The maximum absolute atomic E-state index is 10.5. The smallest absolute Gasteiger partial charge is 0.205 e. The van der Waals surface area contributed by atoms with Gasteiger partial charge in [0.2, 0.25) is 5.88 Å². The lowest BCUT2D eigenvalue weighted by Crippen LogP contribution is -1.87. The maximum atomic E-state index is 10.5. The van der Waals surface area contributed by atoms with E-state index in [0.717, 1.165) is 37.8 Å². The highest BCUT2D eigenvalue weighted by Gasteiger charge is 2.16. The Hall–Kier alpha value is -2.80. The van der Waals surface area contributed by atoms with E-state index in [1.807, 2.05) is 31.3 Å². The van der Waals surface area contributed by atoms with Crippen molar-refractivity contribution in [3.63, 3.8) is 0 Å². The van der Waals surface area contributed by atoms with Crippen LogP contribution >= 0.6 is 11.3 Å². The Morgan fingerprint density at radius 2 is 2.22 bits per heavy atom. The molecular formula is C16H14N4O2S. The predicted octanol–water partition coefficient (Wildman–Crippen LogP) is 3.50. The van der Waals surface area contributed by atoms with Crippen molar-refractivity contribution >= 4 is 22.2 Å². The van der Waals surface area contributed by atoms with Gasteiger partial charge in [-0.15, -0.1) is 0 Å². The van der Waals surface area contributed by atoms with E-state index < -0.39 is 0 Å². The summed E-state index contributed by atoms with van der Waals surface area (Å²) in [6, 6.07) is 5.90. The van der Waals surface area contributed by atoms with Crippen LogP contribution in [0.1, 0.15) is 5.56 Å². The molecule has 4 aromatic heterocycles. The first kappa shape index (κ1) is 13.8. The fourth-order valence-electron chi connectivity index (χ4n) is 2.65. The zero-order valence-electron chi connectivity index (χ0n) is 12.6. The van der Waals surface area contributed by atoms with Crippen LogP contribution in [0.4, 0.5) is 0 Å². The maximum Gasteiger partial charge on any atom is 0.205 e. The van der Waals surface area contributed by atoms with Gasteiger partial charge in [-0.3, -0.25) is 9.67 Å². The van der Waals surface area contributed by atoms with Crippen LogP contribution in [-0.4, -0.2) is 32.0 Å². The van der Waals surface area contributed by atoms with E-state index in [-0.39, 0.29) is 5.88 Å². The van der Waals surface area contributed by atoms with Gasteiger partial charge in [0, 0.05) is 12.4 Å². The molecule has 4 heterocycles. The van der Waals surface area contributed by atoms with Gasteiger partial charge < -0.3 is 9.84 Å². The van der Waals surface area contributed by atoms with Gasteiger partial charge in [-0.2, -0.15) is 5.10 Å². The molecule has 0 spiro atoms. The van der Waals surface area contributed by atoms with E-state index in [0.29, 0.717) is 0 Å². The topological polar surface area (TPSA) is 76.0 Å². The van der Waals surface area contributed by atoms with E-state index >= 15 is 0 Å². The highest BCUT2D eigenvalue weighted by molar-refractivity contribution is 7.17. The van der Waals surface area contributed by atoms with Crippen LogP contribution in [0.5, 0.6) is 10.9 Å². The number of H-pyrrole nitrogens is 1. The molecule has 4 rings (SSSR count). The Morgan fingerprint density at radius 3 is 2.91 bits per heavy atom. The van der Waals surface area contributed by atoms with E-state index in [9.17, 15) is 5.11 Å². The number of pyridine rings is 1. The lowest BCUT2D eigenvalue weighted by atomic mass is 10.1. The van der Waals surface area contributed by atoms with Crippen molar-refractivity contribution in [1.29, 1.82) is 0 Å². The second-order valence-electron chi connectivity index (χ2n) is 5.19. The molecule has 0 amide bonds. The highest BCUT2D eigenvalue weighted by atomic mass is 32.1. The standard InChI is InChI=1S/C16H14N4O2S/c1-9-5-11(13-3-4-14(22-2)23-13)19-12-8-20(16(21)15(9)12)10-6-17-18-7-10/h3-8,21H,1-2H3,(H,17,18). The summed E-state index contributed by atoms with van der Waals surface area (Å²) in [6.45, 7) is 1.97. The lowest BCUT2D eigenvalue weighted by Gasteiger charge is -2.02. The fraction of sp³-hybridized carbons (Fsp3) is 0.125. The summed E-state index contributed by atoms with van der Waals surface area (Å²) in [5.74, 6) is 0.168. The number of rotatable bonds is 3. The molecule has 0 aliphatic rings. The van der Waals surface area contributed by atoms with Crippen molar-refractivity contribution in [2.75, 3.05) is 7.11 Å². The quantitative estimate of drug-likeness (QED) is 0.604. The van der Waals surface area contributed by atoms with Crippen LogP contribution in [0.2, 0.25) is 0 Å². The van der Waals surface area contributed by atoms with Gasteiger partial charge in [-0.1, -0.05) is 11.3 Å². The molecule has 23 heavy (non-hydrogen) atoms. The Morgan fingerprint density at radius 1 is 1.35 bits per heavy atom. The summed E-state index contributed by atoms with van der Waals surface area (Å²) in [7, 11) is 1.65. The van der Waals surface area contributed by atoms with Gasteiger partial charge in [0.1, 0.15) is 0 Å². The average molecular weight is 326 g/mol. The van der Waals surface area contributed by atoms with Gasteiger partial charge >= 0.3 is 0 Å². The third-order valence-corrected chi connectivity index (χ3v) is 4.81. The summed E-state index contributed by atoms with van der Waals surface area (Å²) >= 11 is 1.54. The molecule has 0 saturated carbocycles. The number of aryl methyl sites for hydroxylation is 1. The van der Waals surface area contributed by atoms with E-state index in [4.69, 9.17) is 4.74 Å². The number of thiophene rings is 1. The predicted molar refractivity (Wildman–Crippen MR) is 89.5 cm³/mol. The first-order chi connectivity index (χ1) is 11.2. The number of nitrogens with one attached hydrogen (secondary N) is 1. The van der Waals surface area contributed by atoms with Crippen molar-refractivity contribution in [3.05, 3.63) is 42.4 Å². The molecular weight excluding hydrogens is 312 g/mol. The van der Waals surface area contributed by atoms with Gasteiger partial charge in [0.05, 0.1) is 40.5 Å². The minimum absolute atomic E-state index is 0.168. The normalized spacial score (nSPS) is 11.2. The molecule has 0 aromatic carbocycles. The number of fused-ring (bicyclic) bond motifs is 1. The van der Waals surface area contributed by atoms with E-state index in [1.165, 1.54) is 0 Å². The largest absolute Gasteiger partial charge is 0.494 e. The van der Waals surface area contributed by atoms with Crippen LogP contribution in [0, 0.1) is 6.92 Å². The number of aromatic hydroxyl groups is 1. The molecule has 0 bridgehead atoms. The molecule has 0 fully saturated rings. The summed E-state index contributed by atoms with van der Waals surface area (Å²) < 4.78 is 6.92. The number of hydrogen-bond donors (Lipinski definition) is 2. The Bertz CT molecular complexity index is 985. The minimum Gasteiger partial charge on any atom is -0.494 e. The molecule has 2 N–H and O–H groups in total. The third kappa shape index (κ3) is 2.17. The molecule has 0 aliphatic heterocycles. The van der Waals surface area contributed by atoms with Crippen molar-refractivity contribution in [1.82, 2.24) is 19.7 Å². The molecule has 6 nitrogen and oxygen atoms in total. The average Bonchev–Trinajstić information content (AvgIpc) is 3.26. The summed E-state index contributed by atoms with van der Waals surface area (Å²) in [5.41, 5.74) is 3.34. The van der Waals surface area contributed by atoms with E-state index in [1.54, 1.807) is 35.4 Å². The number of nitrogens with zero attached hydrogens (tertiary/aromatic N) is 3. The van der Waals surface area contributed by atoms with Crippen LogP contribution in [-0.2, 0) is 0 Å². The molecule has 0 radical (unpaired) electrons. The highest BCUT2D eigenvalue weighted by Crippen LogP contribution is 2.37. The SMILES string of the molecule is COc1ccc(-c2cc(C)c3c(O)n(-c4cn[nH]c4)cc3n2)s1. The summed E-state index contributed by atoms with van der Waals surface area (Å²) in [5, 5.41) is 18.8. The van der Waals surface area contributed by atoms with Gasteiger partial charge in [-0.05, 0) is 30.7 Å². The molecule has 7 heteroatoms. The summed E-state index contributed by atoms with van der Waals surface area (Å²) in [6.07, 6.45) is 5.19. The fourth-order valence-corrected chi connectivity index (χ4v) is 3.43. The zero-order chi connectivity index (χ0) is 16.0. The second-order valence-corrected chi connectivity index (χ2v) is 6.23. The molecule has 0 aliphatic carbocycles. The van der Waals surface area contributed by atoms with Gasteiger partial charge in [-0.25, -0.2) is 4.98 Å². The number of ether oxygens (including phenoxy) is 1. The van der Waals surface area contributed by atoms with Crippen LogP contribution in [0.15, 0.2) is 36.8 Å². The van der Waals surface area contributed by atoms with Crippen LogP contribution in [0.25, 0.3) is 27.2 Å². The van der Waals surface area contributed by atoms with Crippen molar-refractivity contribution in [2.24, 2.45) is 0 Å². The van der Waals surface area contributed by atoms with E-state index in [2.05, 4.69) is 15.2 Å². The number of methoxy groups -OCH3 is 1. The number of hydrogen-bond acceptors (Lipinski definition) is 5. The van der Waals surface area contributed by atoms with Crippen molar-refractivity contribution in [3.8, 4) is 27.2 Å². The molecule has 0 saturated heterocycles.